The molecule has 9 heteroatoms. The third kappa shape index (κ3) is 24.0. The Hall–Kier alpha value is -0.0800. The quantitative estimate of drug-likeness (QED) is 0.0767. The van der Waals surface area contributed by atoms with Gasteiger partial charge in [-0.3, -0.25) is 9.05 Å². The first-order valence-electron chi connectivity index (χ1n) is 13.7. The van der Waals surface area contributed by atoms with E-state index in [4.69, 9.17) is 18.5 Å². The van der Waals surface area contributed by atoms with Crippen LogP contribution in [0.4, 0.5) is 4.39 Å². The first kappa shape index (κ1) is 34.9. The molecular formula is C26H56FNO6P+. The van der Waals surface area contributed by atoms with E-state index < -0.39 is 20.1 Å². The van der Waals surface area contributed by atoms with Crippen LogP contribution in [0.3, 0.4) is 0 Å². The number of hydrogen-bond acceptors (Lipinski definition) is 5. The van der Waals surface area contributed by atoms with E-state index in [0.717, 1.165) is 12.8 Å². The normalized spacial score (nSPS) is 15.7. The number of hydrogen-bond donors (Lipinski definition) is 1. The van der Waals surface area contributed by atoms with E-state index in [9.17, 15) is 9.46 Å². The Morgan fingerprint density at radius 3 is 1.69 bits per heavy atom. The fourth-order valence-corrected chi connectivity index (χ4v) is 4.48. The number of ether oxygens (including phenoxy) is 2. The third-order valence-corrected chi connectivity index (χ3v) is 6.87. The minimum Gasteiger partial charge on any atom is -0.381 e. The number of phosphoric ester groups is 1. The van der Waals surface area contributed by atoms with Crippen LogP contribution in [-0.4, -0.2) is 82.9 Å². The molecule has 35 heavy (non-hydrogen) atoms. The second-order valence-corrected chi connectivity index (χ2v) is 12.3. The summed E-state index contributed by atoms with van der Waals surface area (Å²) in [6.45, 7) is 2.10. The second kappa shape index (κ2) is 20.9. The standard InChI is InChI=1S/C26H55FNO6P/c1-6-7-8-9-10-11-12-13-14-15-16-17-18-19-21-32-24-26(27,23-31-5)25-34-35(29,30)33-22-20-28(2,3)4/h6-25H2,1-5H3/p+1/t26-/m0/s1. The number of alkyl halides is 1. The first-order chi connectivity index (χ1) is 16.5. The van der Waals surface area contributed by atoms with Gasteiger partial charge in [0.05, 0.1) is 41.0 Å². The number of methoxy groups -OCH3 is 1. The molecule has 2 atom stereocenters. The number of quaternary nitrogens is 1. The maximum Gasteiger partial charge on any atom is 0.472 e. The SMILES string of the molecule is CCCCCCCCCCCCCCCCOC[C@@](F)(COC)COP(=O)(O)OCC[N+](C)(C)C. The average molecular weight is 529 g/mol. The predicted octanol–water partition coefficient (Wildman–Crippen LogP) is 6.68. The third-order valence-electron chi connectivity index (χ3n) is 5.91. The van der Waals surface area contributed by atoms with Crippen LogP contribution in [0, 0.1) is 0 Å². The second-order valence-electron chi connectivity index (χ2n) is 10.8. The lowest BCUT2D eigenvalue weighted by atomic mass is 10.0. The van der Waals surface area contributed by atoms with E-state index in [0.29, 0.717) is 17.6 Å². The maximum atomic E-state index is 15.0. The van der Waals surface area contributed by atoms with Crippen LogP contribution in [0.5, 0.6) is 0 Å². The number of unbranched alkanes of at least 4 members (excludes halogenated alkanes) is 13. The van der Waals surface area contributed by atoms with Crippen molar-refractivity contribution in [3.63, 3.8) is 0 Å². The molecule has 0 aliphatic heterocycles. The summed E-state index contributed by atoms with van der Waals surface area (Å²) in [7, 11) is 2.85. The molecule has 0 radical (unpaired) electrons. The van der Waals surface area contributed by atoms with Gasteiger partial charge in [0.15, 0.2) is 5.67 Å². The summed E-state index contributed by atoms with van der Waals surface area (Å²) in [5.41, 5.74) is -2.01. The highest BCUT2D eigenvalue weighted by molar-refractivity contribution is 7.47. The molecule has 0 saturated carbocycles. The van der Waals surface area contributed by atoms with Gasteiger partial charge >= 0.3 is 7.82 Å². The minimum atomic E-state index is -4.34. The van der Waals surface area contributed by atoms with Crippen molar-refractivity contribution in [1.82, 2.24) is 0 Å². The molecule has 0 bridgehead atoms. The number of nitrogens with zero attached hydrogens (tertiary/aromatic N) is 1. The minimum absolute atomic E-state index is 0.0382. The number of halogens is 1. The molecule has 0 aromatic rings. The molecule has 0 aromatic carbocycles. The summed E-state index contributed by atoms with van der Waals surface area (Å²) in [6.07, 6.45) is 17.9. The van der Waals surface area contributed by atoms with Gasteiger partial charge in [-0.15, -0.1) is 0 Å². The largest absolute Gasteiger partial charge is 0.472 e. The van der Waals surface area contributed by atoms with Gasteiger partial charge in [0.1, 0.15) is 13.2 Å². The Balaban J connectivity index is 3.81. The van der Waals surface area contributed by atoms with Crippen LogP contribution < -0.4 is 0 Å². The van der Waals surface area contributed by atoms with Crippen LogP contribution in [0.25, 0.3) is 0 Å². The zero-order valence-corrected chi connectivity index (χ0v) is 24.3. The average Bonchev–Trinajstić information content (AvgIpc) is 2.77. The van der Waals surface area contributed by atoms with E-state index in [1.54, 1.807) is 0 Å². The molecule has 0 amide bonds. The van der Waals surface area contributed by atoms with Gasteiger partial charge in [-0.05, 0) is 6.42 Å². The van der Waals surface area contributed by atoms with Crippen molar-refractivity contribution in [1.29, 1.82) is 0 Å². The van der Waals surface area contributed by atoms with E-state index in [-0.39, 0.29) is 19.8 Å². The van der Waals surface area contributed by atoms with Gasteiger partial charge in [0, 0.05) is 13.7 Å². The molecule has 1 N–H and O–H groups in total. The van der Waals surface area contributed by atoms with Gasteiger partial charge < -0.3 is 18.9 Å². The topological polar surface area (TPSA) is 74.2 Å². The molecule has 0 rings (SSSR count). The van der Waals surface area contributed by atoms with Crippen LogP contribution in [0.15, 0.2) is 0 Å². The fraction of sp³-hybridized carbons (Fsp3) is 1.00. The molecule has 0 saturated heterocycles. The van der Waals surface area contributed by atoms with Gasteiger partial charge in [0.25, 0.3) is 0 Å². The lowest BCUT2D eigenvalue weighted by molar-refractivity contribution is -0.870. The summed E-state index contributed by atoms with van der Waals surface area (Å²) in [6, 6.07) is 0. The lowest BCUT2D eigenvalue weighted by Crippen LogP contribution is -2.40. The summed E-state index contributed by atoms with van der Waals surface area (Å²) >= 11 is 0. The molecule has 0 spiro atoms. The van der Waals surface area contributed by atoms with Crippen LogP contribution in [0.2, 0.25) is 0 Å². The van der Waals surface area contributed by atoms with E-state index >= 15 is 4.39 Å². The monoisotopic (exact) mass is 528 g/mol. The van der Waals surface area contributed by atoms with E-state index in [2.05, 4.69) is 6.92 Å². The Labute approximate surface area is 215 Å². The highest BCUT2D eigenvalue weighted by Crippen LogP contribution is 2.44. The molecule has 0 aliphatic carbocycles. The summed E-state index contributed by atoms with van der Waals surface area (Å²) < 4.78 is 47.9. The predicted molar refractivity (Wildman–Crippen MR) is 141 cm³/mol. The van der Waals surface area contributed by atoms with Crippen molar-refractivity contribution in [2.75, 3.05) is 67.8 Å². The molecule has 7 nitrogen and oxygen atoms in total. The molecule has 0 fully saturated rings. The van der Waals surface area contributed by atoms with Crippen molar-refractivity contribution in [3.05, 3.63) is 0 Å². The zero-order chi connectivity index (χ0) is 26.5. The van der Waals surface area contributed by atoms with E-state index in [1.165, 1.54) is 84.2 Å². The van der Waals surface area contributed by atoms with Crippen LogP contribution in [-0.2, 0) is 23.1 Å². The van der Waals surface area contributed by atoms with Crippen molar-refractivity contribution in [3.8, 4) is 0 Å². The smallest absolute Gasteiger partial charge is 0.381 e. The Morgan fingerprint density at radius 1 is 0.743 bits per heavy atom. The highest BCUT2D eigenvalue weighted by Gasteiger charge is 2.35. The zero-order valence-electron chi connectivity index (χ0n) is 23.4. The maximum absolute atomic E-state index is 15.0. The Bertz CT molecular complexity index is 534. The summed E-state index contributed by atoms with van der Waals surface area (Å²) in [5.74, 6) is 0. The van der Waals surface area contributed by atoms with Gasteiger partial charge in [-0.25, -0.2) is 8.96 Å². The van der Waals surface area contributed by atoms with Gasteiger partial charge in [-0.2, -0.15) is 0 Å². The number of phosphoric acid groups is 1. The van der Waals surface area contributed by atoms with Crippen LogP contribution >= 0.6 is 7.82 Å². The fourth-order valence-electron chi connectivity index (χ4n) is 3.70. The molecule has 1 unspecified atom stereocenters. The molecule has 0 aromatic heterocycles. The molecule has 0 heterocycles. The van der Waals surface area contributed by atoms with Crippen molar-refractivity contribution < 1.29 is 36.9 Å². The van der Waals surface area contributed by atoms with Crippen molar-refractivity contribution in [2.24, 2.45) is 0 Å². The van der Waals surface area contributed by atoms with Crippen molar-refractivity contribution >= 4 is 7.82 Å². The Morgan fingerprint density at radius 2 is 1.23 bits per heavy atom. The molecule has 0 aliphatic rings. The van der Waals surface area contributed by atoms with Gasteiger partial charge in [0.2, 0.25) is 0 Å². The first-order valence-corrected chi connectivity index (χ1v) is 15.2. The summed E-state index contributed by atoms with van der Waals surface area (Å²) in [4.78, 5) is 9.81. The molecular weight excluding hydrogens is 472 g/mol. The summed E-state index contributed by atoms with van der Waals surface area (Å²) in [5, 5.41) is 0. The Kier molecular flexibility index (Phi) is 20.9. The lowest BCUT2D eigenvalue weighted by Gasteiger charge is -2.26. The van der Waals surface area contributed by atoms with E-state index in [1.807, 2.05) is 21.1 Å². The van der Waals surface area contributed by atoms with Crippen molar-refractivity contribution in [2.45, 2.75) is 102 Å². The van der Waals surface area contributed by atoms with Gasteiger partial charge in [-0.1, -0.05) is 90.4 Å². The number of rotatable bonds is 26. The highest BCUT2D eigenvalue weighted by atomic mass is 31.2. The molecule has 212 valence electrons. The number of likely N-dealkylation sites (N-methyl/N-ethyl adjacent to an activating group) is 1. The van der Waals surface area contributed by atoms with Crippen LogP contribution in [0.1, 0.15) is 96.8 Å².